The van der Waals surface area contributed by atoms with Gasteiger partial charge in [0.15, 0.2) is 8.32 Å². The summed E-state index contributed by atoms with van der Waals surface area (Å²) in [6, 6.07) is 0. The van der Waals surface area contributed by atoms with Crippen LogP contribution in [0.4, 0.5) is 0 Å². The Bertz CT molecular complexity index is 718. The van der Waals surface area contributed by atoms with E-state index in [1.165, 1.54) is 49.9 Å². The summed E-state index contributed by atoms with van der Waals surface area (Å²) in [5.41, 5.74) is 2.89. The molecule has 4 aliphatic rings. The van der Waals surface area contributed by atoms with Gasteiger partial charge in [-0.2, -0.15) is 0 Å². The molecule has 6 heteroatoms. The molecular weight excluding hydrogens is 392 g/mol. The summed E-state index contributed by atoms with van der Waals surface area (Å²) in [6.07, 6.45) is 10.0. The molecule has 0 aliphatic heterocycles. The minimum absolute atomic E-state index is 0.0654. The van der Waals surface area contributed by atoms with Crippen molar-refractivity contribution in [2.24, 2.45) is 44.8 Å². The standard InChI is InChI=1S/C24H42N2O3Si/c1-23-13-12-17(29-30(5,6)7)14-16(23)8-9-18-19-10-11-21(26-28-4)24(19,2)15-20(22(18)23)25-27-3/h16-19,22H,8-15H2,1-7H3/b25-20+,26-21+/t16-,17+,18?,19?,22?,23-,24-/m0/s1. The third-order valence-electron chi connectivity index (χ3n) is 9.00. The molecule has 0 saturated heterocycles. The fourth-order valence-corrected chi connectivity index (χ4v) is 9.15. The van der Waals surface area contributed by atoms with Gasteiger partial charge in [-0.3, -0.25) is 0 Å². The lowest BCUT2D eigenvalue weighted by atomic mass is 9.44. The second kappa shape index (κ2) is 7.91. The number of hydrogen-bond acceptors (Lipinski definition) is 5. The minimum atomic E-state index is -1.50. The van der Waals surface area contributed by atoms with E-state index in [0.717, 1.165) is 18.8 Å². The SMILES string of the molecule is CO/N=C1\C[C@]2(C)/C(=N/OC)CCC2C2CC[C@H]3C[C@H](O[Si](C)(C)C)CC[C@]3(C)C12. The molecule has 4 fully saturated rings. The molecule has 0 bridgehead atoms. The van der Waals surface area contributed by atoms with E-state index in [1.54, 1.807) is 14.2 Å². The third kappa shape index (κ3) is 3.66. The first kappa shape index (κ1) is 22.3. The van der Waals surface area contributed by atoms with Crippen molar-refractivity contribution in [3.05, 3.63) is 0 Å². The highest BCUT2D eigenvalue weighted by Gasteiger charge is 2.62. The van der Waals surface area contributed by atoms with Crippen LogP contribution < -0.4 is 0 Å². The largest absolute Gasteiger partial charge is 0.415 e. The maximum absolute atomic E-state index is 6.56. The van der Waals surface area contributed by atoms with E-state index in [0.29, 0.717) is 29.3 Å². The molecule has 4 aliphatic carbocycles. The summed E-state index contributed by atoms with van der Waals surface area (Å²) in [5, 5.41) is 9.14. The molecule has 0 aromatic heterocycles. The highest BCUT2D eigenvalue weighted by molar-refractivity contribution is 6.69. The number of fused-ring (bicyclic) bond motifs is 5. The second-order valence-electron chi connectivity index (χ2n) is 11.8. The Kier molecular flexibility index (Phi) is 5.89. The first-order valence-corrected chi connectivity index (χ1v) is 15.4. The molecule has 5 nitrogen and oxygen atoms in total. The molecule has 0 aromatic carbocycles. The van der Waals surface area contributed by atoms with Crippen LogP contribution in [-0.4, -0.2) is 40.1 Å². The van der Waals surface area contributed by atoms with Gasteiger partial charge in [0.05, 0.1) is 11.4 Å². The third-order valence-corrected chi connectivity index (χ3v) is 10.0. The molecule has 170 valence electrons. The number of hydrogen-bond donors (Lipinski definition) is 0. The van der Waals surface area contributed by atoms with E-state index in [1.807, 2.05) is 0 Å². The van der Waals surface area contributed by atoms with Crippen molar-refractivity contribution in [1.82, 2.24) is 0 Å². The van der Waals surface area contributed by atoms with Crippen molar-refractivity contribution in [3.63, 3.8) is 0 Å². The summed E-state index contributed by atoms with van der Waals surface area (Å²) < 4.78 is 6.56. The van der Waals surface area contributed by atoms with Gasteiger partial charge in [-0.05, 0) is 87.8 Å². The van der Waals surface area contributed by atoms with Gasteiger partial charge in [0.25, 0.3) is 0 Å². The van der Waals surface area contributed by atoms with Crippen LogP contribution in [0.5, 0.6) is 0 Å². The molecule has 0 heterocycles. The second-order valence-corrected chi connectivity index (χ2v) is 16.2. The lowest BCUT2D eigenvalue weighted by Crippen LogP contribution is -2.58. The van der Waals surface area contributed by atoms with Crippen molar-refractivity contribution in [2.45, 2.75) is 91.0 Å². The van der Waals surface area contributed by atoms with Crippen LogP contribution in [0.1, 0.15) is 65.2 Å². The van der Waals surface area contributed by atoms with Crippen LogP contribution >= 0.6 is 0 Å². The van der Waals surface area contributed by atoms with Crippen molar-refractivity contribution in [1.29, 1.82) is 0 Å². The van der Waals surface area contributed by atoms with E-state index in [9.17, 15) is 0 Å². The summed E-state index contributed by atoms with van der Waals surface area (Å²) in [5.74, 6) is 2.62. The van der Waals surface area contributed by atoms with Crippen molar-refractivity contribution in [2.75, 3.05) is 14.2 Å². The summed E-state index contributed by atoms with van der Waals surface area (Å²) >= 11 is 0. The fraction of sp³-hybridized carbons (Fsp3) is 0.917. The quantitative estimate of drug-likeness (QED) is 0.411. The smallest absolute Gasteiger partial charge is 0.184 e. The molecule has 0 spiro atoms. The average molecular weight is 435 g/mol. The van der Waals surface area contributed by atoms with Gasteiger partial charge in [-0.15, -0.1) is 0 Å². The Morgan fingerprint density at radius 1 is 0.967 bits per heavy atom. The Morgan fingerprint density at radius 3 is 2.37 bits per heavy atom. The Morgan fingerprint density at radius 2 is 1.70 bits per heavy atom. The summed E-state index contributed by atoms with van der Waals surface area (Å²) in [4.78, 5) is 10.7. The minimum Gasteiger partial charge on any atom is -0.415 e. The van der Waals surface area contributed by atoms with Crippen LogP contribution in [-0.2, 0) is 14.1 Å². The van der Waals surface area contributed by atoms with Gasteiger partial charge in [0.2, 0.25) is 0 Å². The van der Waals surface area contributed by atoms with E-state index in [4.69, 9.17) is 14.1 Å². The lowest BCUT2D eigenvalue weighted by molar-refractivity contribution is -0.0720. The molecule has 0 amide bonds. The van der Waals surface area contributed by atoms with Crippen molar-refractivity contribution < 1.29 is 14.1 Å². The summed E-state index contributed by atoms with van der Waals surface area (Å²) in [7, 11) is 1.88. The predicted molar refractivity (Wildman–Crippen MR) is 124 cm³/mol. The van der Waals surface area contributed by atoms with E-state index >= 15 is 0 Å². The topological polar surface area (TPSA) is 52.4 Å². The highest BCUT2D eigenvalue weighted by Crippen LogP contribution is 2.65. The van der Waals surface area contributed by atoms with Crippen LogP contribution in [0.2, 0.25) is 19.6 Å². The zero-order valence-electron chi connectivity index (χ0n) is 20.2. The highest BCUT2D eigenvalue weighted by atomic mass is 28.4. The maximum Gasteiger partial charge on any atom is 0.184 e. The molecule has 4 rings (SSSR count). The molecule has 7 atom stereocenters. The number of nitrogens with zero attached hydrogens (tertiary/aromatic N) is 2. The maximum atomic E-state index is 6.56. The van der Waals surface area contributed by atoms with Gasteiger partial charge < -0.3 is 14.1 Å². The molecule has 30 heavy (non-hydrogen) atoms. The van der Waals surface area contributed by atoms with Gasteiger partial charge in [0, 0.05) is 23.9 Å². The fourth-order valence-electron chi connectivity index (χ4n) is 7.94. The van der Waals surface area contributed by atoms with Crippen LogP contribution in [0.25, 0.3) is 0 Å². The van der Waals surface area contributed by atoms with Crippen LogP contribution in [0, 0.1) is 34.5 Å². The zero-order chi connectivity index (χ0) is 21.7. The normalized spacial score (nSPS) is 46.3. The molecule has 0 aromatic rings. The van der Waals surface area contributed by atoms with E-state index < -0.39 is 8.32 Å². The van der Waals surface area contributed by atoms with Gasteiger partial charge in [-0.25, -0.2) is 0 Å². The molecular formula is C24H42N2O3Si. The number of oxime groups is 2. The average Bonchev–Trinajstić information content (AvgIpc) is 2.97. The van der Waals surface area contributed by atoms with Gasteiger partial charge >= 0.3 is 0 Å². The Labute approximate surface area is 184 Å². The molecule has 0 radical (unpaired) electrons. The lowest BCUT2D eigenvalue weighted by Gasteiger charge is -2.60. The molecule has 4 saturated carbocycles. The van der Waals surface area contributed by atoms with E-state index in [2.05, 4.69) is 43.8 Å². The Hall–Kier alpha value is -0.883. The van der Waals surface area contributed by atoms with E-state index in [-0.39, 0.29) is 5.41 Å². The first-order chi connectivity index (χ1) is 14.1. The van der Waals surface area contributed by atoms with Crippen molar-refractivity contribution >= 4 is 19.7 Å². The predicted octanol–water partition coefficient (Wildman–Crippen LogP) is 5.86. The Balaban J connectivity index is 1.64. The van der Waals surface area contributed by atoms with Crippen molar-refractivity contribution in [3.8, 4) is 0 Å². The molecule has 0 N–H and O–H groups in total. The number of rotatable bonds is 4. The van der Waals surface area contributed by atoms with Crippen LogP contribution in [0.15, 0.2) is 10.3 Å². The van der Waals surface area contributed by atoms with Crippen LogP contribution in [0.3, 0.4) is 0 Å². The monoisotopic (exact) mass is 434 g/mol. The summed E-state index contributed by atoms with van der Waals surface area (Å²) in [6.45, 7) is 11.9. The molecule has 3 unspecified atom stereocenters. The first-order valence-electron chi connectivity index (χ1n) is 12.0. The zero-order valence-corrected chi connectivity index (χ0v) is 21.2. The van der Waals surface area contributed by atoms with Gasteiger partial charge in [0.1, 0.15) is 14.2 Å². The van der Waals surface area contributed by atoms with Gasteiger partial charge in [-0.1, -0.05) is 24.2 Å².